The highest BCUT2D eigenvalue weighted by atomic mass is 16.5. The van der Waals surface area contributed by atoms with Gasteiger partial charge in [-0.25, -0.2) is 9.59 Å². The van der Waals surface area contributed by atoms with Gasteiger partial charge in [0.15, 0.2) is 6.10 Å². The van der Waals surface area contributed by atoms with E-state index in [-0.39, 0.29) is 12.5 Å². The van der Waals surface area contributed by atoms with Crippen molar-refractivity contribution in [3.8, 4) is 11.1 Å². The number of alkyl carbamates (subject to hydrolysis) is 1. The third kappa shape index (κ3) is 5.21. The number of carbonyl (C=O) groups is 3. The number of aliphatic carboxylic acids is 1. The molecule has 4 N–H and O–H groups in total. The van der Waals surface area contributed by atoms with Crippen molar-refractivity contribution in [3.05, 3.63) is 59.7 Å². The number of rotatable bonds is 9. The number of ether oxygens (including phenoxy) is 1. The van der Waals surface area contributed by atoms with Crippen LogP contribution in [-0.2, 0) is 14.3 Å². The SMILES string of the molecule is CCC[C@@H](NC(=O)OCC1c2ccccc2-c2ccccc21)C(=O)NC[C@H](O)C(=O)O. The molecule has 0 spiro atoms. The molecule has 8 nitrogen and oxygen atoms in total. The highest BCUT2D eigenvalue weighted by Gasteiger charge is 2.29. The maximum atomic E-state index is 12.4. The van der Waals surface area contributed by atoms with E-state index in [0.29, 0.717) is 12.8 Å². The maximum absolute atomic E-state index is 12.4. The number of fused-ring (bicyclic) bond motifs is 3. The molecular weight excluding hydrogens is 400 g/mol. The number of benzene rings is 2. The minimum atomic E-state index is -1.71. The molecule has 0 unspecified atom stereocenters. The van der Waals surface area contributed by atoms with Crippen LogP contribution in [0.1, 0.15) is 36.8 Å². The van der Waals surface area contributed by atoms with Gasteiger partial charge in [-0.3, -0.25) is 4.79 Å². The summed E-state index contributed by atoms with van der Waals surface area (Å²) in [5.41, 5.74) is 4.41. The maximum Gasteiger partial charge on any atom is 0.407 e. The molecule has 1 aliphatic rings. The van der Waals surface area contributed by atoms with Gasteiger partial charge in [-0.05, 0) is 28.7 Å². The Kier molecular flexibility index (Phi) is 7.25. The second-order valence-corrected chi connectivity index (χ2v) is 7.41. The molecule has 0 bridgehead atoms. The van der Waals surface area contributed by atoms with Crippen LogP contribution in [0.5, 0.6) is 0 Å². The van der Waals surface area contributed by atoms with Crippen LogP contribution in [0.3, 0.4) is 0 Å². The number of hydrogen-bond donors (Lipinski definition) is 4. The van der Waals surface area contributed by atoms with Gasteiger partial charge in [-0.15, -0.1) is 0 Å². The van der Waals surface area contributed by atoms with Gasteiger partial charge in [0.1, 0.15) is 12.6 Å². The van der Waals surface area contributed by atoms with E-state index in [2.05, 4.69) is 10.6 Å². The average Bonchev–Trinajstić information content (AvgIpc) is 3.09. The Balaban J connectivity index is 1.61. The molecule has 0 aromatic heterocycles. The fourth-order valence-corrected chi connectivity index (χ4v) is 3.75. The summed E-state index contributed by atoms with van der Waals surface area (Å²) in [7, 11) is 0. The van der Waals surface area contributed by atoms with Gasteiger partial charge in [-0.2, -0.15) is 0 Å². The lowest BCUT2D eigenvalue weighted by Crippen LogP contribution is -2.49. The van der Waals surface area contributed by atoms with Crippen molar-refractivity contribution in [1.82, 2.24) is 10.6 Å². The summed E-state index contributed by atoms with van der Waals surface area (Å²) in [5.74, 6) is -2.10. The molecule has 3 rings (SSSR count). The van der Waals surface area contributed by atoms with Crippen LogP contribution in [-0.4, -0.2) is 53.5 Å². The largest absolute Gasteiger partial charge is 0.479 e. The van der Waals surface area contributed by atoms with Gasteiger partial charge in [-0.1, -0.05) is 61.9 Å². The van der Waals surface area contributed by atoms with Gasteiger partial charge in [0.2, 0.25) is 5.91 Å². The van der Waals surface area contributed by atoms with E-state index in [0.717, 1.165) is 22.3 Å². The zero-order valence-electron chi connectivity index (χ0n) is 17.2. The van der Waals surface area contributed by atoms with Crippen LogP contribution in [0.25, 0.3) is 11.1 Å². The van der Waals surface area contributed by atoms with Crippen molar-refractivity contribution in [2.75, 3.05) is 13.2 Å². The minimum Gasteiger partial charge on any atom is -0.479 e. The van der Waals surface area contributed by atoms with E-state index < -0.39 is 36.7 Å². The Hall–Kier alpha value is -3.39. The lowest BCUT2D eigenvalue weighted by atomic mass is 9.98. The van der Waals surface area contributed by atoms with Crippen molar-refractivity contribution < 1.29 is 29.3 Å². The predicted octanol–water partition coefficient (Wildman–Crippen LogP) is 2.26. The zero-order valence-corrected chi connectivity index (χ0v) is 17.2. The number of carboxylic acid groups (broad SMARTS) is 1. The number of carbonyl (C=O) groups excluding carboxylic acids is 2. The molecule has 0 fully saturated rings. The number of aliphatic hydroxyl groups excluding tert-OH is 1. The first-order valence-corrected chi connectivity index (χ1v) is 10.2. The van der Waals surface area contributed by atoms with Crippen LogP contribution < -0.4 is 10.6 Å². The normalized spacial score (nSPS) is 14.1. The van der Waals surface area contributed by atoms with Crippen molar-refractivity contribution in [2.24, 2.45) is 0 Å². The first-order valence-electron chi connectivity index (χ1n) is 10.2. The second kappa shape index (κ2) is 10.1. The first kappa shape index (κ1) is 22.3. The molecule has 1 aliphatic carbocycles. The third-order valence-corrected chi connectivity index (χ3v) is 5.28. The van der Waals surface area contributed by atoms with Crippen molar-refractivity contribution in [1.29, 1.82) is 0 Å². The molecule has 0 aliphatic heterocycles. The number of hydrogen-bond acceptors (Lipinski definition) is 5. The molecule has 31 heavy (non-hydrogen) atoms. The third-order valence-electron chi connectivity index (χ3n) is 5.28. The van der Waals surface area contributed by atoms with E-state index in [1.807, 2.05) is 55.5 Å². The van der Waals surface area contributed by atoms with E-state index in [1.54, 1.807) is 0 Å². The lowest BCUT2D eigenvalue weighted by Gasteiger charge is -2.19. The summed E-state index contributed by atoms with van der Waals surface area (Å²) in [5, 5.41) is 22.9. The topological polar surface area (TPSA) is 125 Å². The summed E-state index contributed by atoms with van der Waals surface area (Å²) >= 11 is 0. The van der Waals surface area contributed by atoms with E-state index in [9.17, 15) is 19.5 Å². The number of carboxylic acids is 1. The number of aliphatic hydroxyl groups is 1. The molecule has 8 heteroatoms. The van der Waals surface area contributed by atoms with Crippen LogP contribution >= 0.6 is 0 Å². The Bertz CT molecular complexity index is 915. The van der Waals surface area contributed by atoms with Crippen LogP contribution in [0.2, 0.25) is 0 Å². The molecule has 2 amide bonds. The number of nitrogens with one attached hydrogen (secondary N) is 2. The zero-order chi connectivity index (χ0) is 22.4. The Morgan fingerprint density at radius 1 is 1.03 bits per heavy atom. The van der Waals surface area contributed by atoms with Crippen LogP contribution in [0.4, 0.5) is 4.79 Å². The fraction of sp³-hybridized carbons (Fsp3) is 0.348. The molecule has 0 saturated carbocycles. The van der Waals surface area contributed by atoms with Gasteiger partial charge in [0, 0.05) is 5.92 Å². The standard InChI is InChI=1S/C23H26N2O6/c1-2-7-19(21(27)24-12-20(26)22(28)29)25-23(30)31-13-18-16-10-5-3-8-14(16)15-9-4-6-11-17(15)18/h3-6,8-11,18-20,26H,2,7,12-13H2,1H3,(H,24,27)(H,25,30)(H,28,29)/t19-,20+/m1/s1. The van der Waals surface area contributed by atoms with Crippen LogP contribution in [0, 0.1) is 0 Å². The summed E-state index contributed by atoms with van der Waals surface area (Å²) in [6.45, 7) is 1.53. The van der Waals surface area contributed by atoms with Crippen molar-refractivity contribution >= 4 is 18.0 Å². The molecule has 164 valence electrons. The van der Waals surface area contributed by atoms with Crippen LogP contribution in [0.15, 0.2) is 48.5 Å². The van der Waals surface area contributed by atoms with Crippen molar-refractivity contribution in [3.63, 3.8) is 0 Å². The molecule has 0 saturated heterocycles. The first-order chi connectivity index (χ1) is 14.9. The smallest absolute Gasteiger partial charge is 0.407 e. The lowest BCUT2D eigenvalue weighted by molar-refractivity contribution is -0.146. The fourth-order valence-electron chi connectivity index (χ4n) is 3.75. The van der Waals surface area contributed by atoms with Gasteiger partial charge in [0.05, 0.1) is 6.54 Å². The highest BCUT2D eigenvalue weighted by molar-refractivity contribution is 5.86. The Morgan fingerprint density at radius 2 is 1.61 bits per heavy atom. The molecule has 2 atom stereocenters. The summed E-state index contributed by atoms with van der Waals surface area (Å²) < 4.78 is 5.46. The summed E-state index contributed by atoms with van der Waals surface area (Å²) in [4.78, 5) is 35.4. The highest BCUT2D eigenvalue weighted by Crippen LogP contribution is 2.44. The molecule has 2 aromatic rings. The van der Waals surface area contributed by atoms with Gasteiger partial charge < -0.3 is 25.6 Å². The van der Waals surface area contributed by atoms with Crippen molar-refractivity contribution in [2.45, 2.75) is 37.8 Å². The molecular formula is C23H26N2O6. The van der Waals surface area contributed by atoms with Gasteiger partial charge in [0.25, 0.3) is 0 Å². The minimum absolute atomic E-state index is 0.0951. The van der Waals surface area contributed by atoms with Gasteiger partial charge >= 0.3 is 12.1 Å². The predicted molar refractivity (Wildman–Crippen MR) is 114 cm³/mol. The Morgan fingerprint density at radius 3 is 2.16 bits per heavy atom. The van der Waals surface area contributed by atoms with E-state index >= 15 is 0 Å². The second-order valence-electron chi connectivity index (χ2n) is 7.41. The number of amides is 2. The quantitative estimate of drug-likeness (QED) is 0.487. The summed E-state index contributed by atoms with van der Waals surface area (Å²) in [6.07, 6.45) is -1.47. The summed E-state index contributed by atoms with van der Waals surface area (Å²) in [6, 6.07) is 15.1. The Labute approximate surface area is 180 Å². The van der Waals surface area contributed by atoms with E-state index in [1.165, 1.54) is 0 Å². The monoisotopic (exact) mass is 426 g/mol. The molecule has 0 heterocycles. The van der Waals surface area contributed by atoms with E-state index in [4.69, 9.17) is 9.84 Å². The molecule has 0 radical (unpaired) electrons. The average molecular weight is 426 g/mol. The molecule has 2 aromatic carbocycles.